The minimum absolute atomic E-state index is 0.121. The van der Waals surface area contributed by atoms with Crippen LogP contribution in [0.3, 0.4) is 0 Å². The van der Waals surface area contributed by atoms with Gasteiger partial charge in [0.25, 0.3) is 5.91 Å². The number of halogens is 3. The number of carbonyl (C=O) groups excluding carboxylic acids is 1. The third kappa shape index (κ3) is 3.20. The van der Waals surface area contributed by atoms with Crippen LogP contribution in [0.1, 0.15) is 15.9 Å². The van der Waals surface area contributed by atoms with Gasteiger partial charge in [-0.25, -0.2) is 8.78 Å². The first-order chi connectivity index (χ1) is 9.51. The van der Waals surface area contributed by atoms with E-state index in [0.717, 1.165) is 12.1 Å². The second-order valence-electron chi connectivity index (χ2n) is 4.05. The maximum Gasteiger partial charge on any atom is 0.261 e. The maximum absolute atomic E-state index is 13.6. The van der Waals surface area contributed by atoms with E-state index >= 15 is 0 Å². The fourth-order valence-corrected chi connectivity index (χ4v) is 2.05. The lowest BCUT2D eigenvalue weighted by Crippen LogP contribution is -2.16. The van der Waals surface area contributed by atoms with Crippen LogP contribution >= 0.6 is 15.9 Å². The predicted octanol–water partition coefficient (Wildman–Crippen LogP) is 3.47. The Balaban J connectivity index is 2.23. The summed E-state index contributed by atoms with van der Waals surface area (Å²) in [6.07, 6.45) is 0. The van der Waals surface area contributed by atoms with Gasteiger partial charge in [-0.05, 0) is 29.8 Å². The molecule has 0 saturated heterocycles. The highest BCUT2D eigenvalue weighted by molar-refractivity contribution is 9.10. The van der Waals surface area contributed by atoms with E-state index in [1.165, 1.54) is 12.1 Å². The molecule has 3 nitrogen and oxygen atoms in total. The van der Waals surface area contributed by atoms with Gasteiger partial charge < -0.3 is 10.4 Å². The average molecular weight is 342 g/mol. The van der Waals surface area contributed by atoms with Crippen LogP contribution in [0.5, 0.6) is 0 Å². The molecule has 0 aromatic heterocycles. The molecule has 0 bridgehead atoms. The van der Waals surface area contributed by atoms with E-state index in [2.05, 4.69) is 21.2 Å². The van der Waals surface area contributed by atoms with Gasteiger partial charge in [-0.3, -0.25) is 4.79 Å². The second-order valence-corrected chi connectivity index (χ2v) is 4.97. The van der Waals surface area contributed by atoms with Crippen LogP contribution in [-0.4, -0.2) is 11.0 Å². The van der Waals surface area contributed by atoms with Crippen molar-refractivity contribution in [2.45, 2.75) is 6.61 Å². The smallest absolute Gasteiger partial charge is 0.261 e. The van der Waals surface area contributed by atoms with Crippen LogP contribution in [0.25, 0.3) is 0 Å². The van der Waals surface area contributed by atoms with Gasteiger partial charge in [-0.2, -0.15) is 0 Å². The molecule has 0 atom stereocenters. The molecule has 0 fully saturated rings. The Bertz CT molecular complexity index is 621. The van der Waals surface area contributed by atoms with Gasteiger partial charge >= 0.3 is 0 Å². The van der Waals surface area contributed by atoms with Gasteiger partial charge in [0.2, 0.25) is 0 Å². The normalized spacial score (nSPS) is 10.4. The van der Waals surface area contributed by atoms with Crippen molar-refractivity contribution in [1.29, 1.82) is 0 Å². The number of hydrogen-bond acceptors (Lipinski definition) is 2. The summed E-state index contributed by atoms with van der Waals surface area (Å²) in [5.74, 6) is -2.76. The van der Waals surface area contributed by atoms with Crippen LogP contribution in [0.2, 0.25) is 0 Å². The van der Waals surface area contributed by atoms with E-state index in [1.54, 1.807) is 12.1 Å². The van der Waals surface area contributed by atoms with E-state index in [9.17, 15) is 13.6 Å². The summed E-state index contributed by atoms with van der Waals surface area (Å²) in [4.78, 5) is 11.9. The van der Waals surface area contributed by atoms with Crippen molar-refractivity contribution in [2.24, 2.45) is 0 Å². The molecule has 20 heavy (non-hydrogen) atoms. The molecule has 2 N–H and O–H groups in total. The lowest BCUT2D eigenvalue weighted by atomic mass is 10.1. The zero-order chi connectivity index (χ0) is 14.7. The van der Waals surface area contributed by atoms with Crippen molar-refractivity contribution in [3.63, 3.8) is 0 Å². The summed E-state index contributed by atoms with van der Waals surface area (Å²) in [5, 5.41) is 11.3. The van der Waals surface area contributed by atoms with E-state index < -0.39 is 23.1 Å². The molecule has 0 unspecified atom stereocenters. The first-order valence-corrected chi connectivity index (χ1v) is 6.46. The zero-order valence-corrected chi connectivity index (χ0v) is 11.7. The van der Waals surface area contributed by atoms with Crippen molar-refractivity contribution in [3.8, 4) is 0 Å². The van der Waals surface area contributed by atoms with Crippen LogP contribution in [0, 0.1) is 11.6 Å². The minimum Gasteiger partial charge on any atom is -0.392 e. The third-order valence-corrected chi connectivity index (χ3v) is 3.09. The quantitative estimate of drug-likeness (QED) is 0.897. The Morgan fingerprint density at radius 2 is 1.70 bits per heavy atom. The Morgan fingerprint density at radius 1 is 1.15 bits per heavy atom. The number of hydrogen-bond donors (Lipinski definition) is 2. The number of aliphatic hydroxyl groups is 1. The molecule has 0 radical (unpaired) electrons. The number of rotatable bonds is 3. The number of anilines is 1. The molecule has 2 aromatic carbocycles. The fourth-order valence-electron chi connectivity index (χ4n) is 1.65. The highest BCUT2D eigenvalue weighted by atomic mass is 79.9. The standard InChI is InChI=1S/C14H10BrF2NO2/c15-9-5-11(16)13(12(17)6-9)14(20)18-10-3-1-8(7-19)2-4-10/h1-6,19H,7H2,(H,18,20). The van der Waals surface area contributed by atoms with Crippen LogP contribution in [0.15, 0.2) is 40.9 Å². The molecule has 0 saturated carbocycles. The molecule has 2 rings (SSSR count). The van der Waals surface area contributed by atoms with E-state index in [-0.39, 0.29) is 11.1 Å². The molecule has 104 valence electrons. The van der Waals surface area contributed by atoms with Crippen LogP contribution < -0.4 is 5.32 Å². The molecule has 1 amide bonds. The fraction of sp³-hybridized carbons (Fsp3) is 0.0714. The topological polar surface area (TPSA) is 49.3 Å². The van der Waals surface area contributed by atoms with Crippen molar-refractivity contribution in [1.82, 2.24) is 0 Å². The number of benzene rings is 2. The Labute approximate surface area is 122 Å². The summed E-state index contributed by atoms with van der Waals surface area (Å²) < 4.78 is 27.5. The molecule has 0 aliphatic heterocycles. The number of aliphatic hydroxyl groups excluding tert-OH is 1. The Morgan fingerprint density at radius 3 is 2.20 bits per heavy atom. The minimum atomic E-state index is -0.943. The Kier molecular flexibility index (Phi) is 4.46. The summed E-state index contributed by atoms with van der Waals surface area (Å²) in [6, 6.07) is 8.32. The van der Waals surface area contributed by atoms with Gasteiger partial charge in [0, 0.05) is 10.2 Å². The van der Waals surface area contributed by atoms with Gasteiger partial charge in [0.15, 0.2) is 0 Å². The first kappa shape index (κ1) is 14.6. The molecule has 0 heterocycles. The van der Waals surface area contributed by atoms with E-state index in [0.29, 0.717) is 11.3 Å². The molecular formula is C14H10BrF2NO2. The predicted molar refractivity (Wildman–Crippen MR) is 74.4 cm³/mol. The molecular weight excluding hydrogens is 332 g/mol. The van der Waals surface area contributed by atoms with Gasteiger partial charge in [-0.1, -0.05) is 28.1 Å². The summed E-state index contributed by atoms with van der Waals surface area (Å²) >= 11 is 2.94. The van der Waals surface area contributed by atoms with Gasteiger partial charge in [0.1, 0.15) is 17.2 Å². The van der Waals surface area contributed by atoms with Gasteiger partial charge in [-0.15, -0.1) is 0 Å². The highest BCUT2D eigenvalue weighted by Crippen LogP contribution is 2.21. The largest absolute Gasteiger partial charge is 0.392 e. The van der Waals surface area contributed by atoms with Crippen molar-refractivity contribution in [2.75, 3.05) is 5.32 Å². The molecule has 6 heteroatoms. The van der Waals surface area contributed by atoms with E-state index in [4.69, 9.17) is 5.11 Å². The first-order valence-electron chi connectivity index (χ1n) is 5.67. The average Bonchev–Trinajstić information content (AvgIpc) is 2.38. The molecule has 2 aromatic rings. The molecule has 0 spiro atoms. The summed E-state index contributed by atoms with van der Waals surface area (Å²) in [6.45, 7) is -0.121. The monoisotopic (exact) mass is 341 g/mol. The van der Waals surface area contributed by atoms with Crippen molar-refractivity contribution >= 4 is 27.5 Å². The van der Waals surface area contributed by atoms with Crippen LogP contribution in [0.4, 0.5) is 14.5 Å². The summed E-state index contributed by atoms with van der Waals surface area (Å²) in [7, 11) is 0. The highest BCUT2D eigenvalue weighted by Gasteiger charge is 2.18. The van der Waals surface area contributed by atoms with Gasteiger partial charge in [0.05, 0.1) is 6.61 Å². The van der Waals surface area contributed by atoms with E-state index in [1.807, 2.05) is 0 Å². The molecule has 0 aliphatic carbocycles. The lowest BCUT2D eigenvalue weighted by Gasteiger charge is -2.08. The maximum atomic E-state index is 13.6. The summed E-state index contributed by atoms with van der Waals surface area (Å²) in [5.41, 5.74) is 0.414. The SMILES string of the molecule is O=C(Nc1ccc(CO)cc1)c1c(F)cc(Br)cc1F. The number of carbonyl (C=O) groups is 1. The van der Waals surface area contributed by atoms with Crippen molar-refractivity contribution in [3.05, 3.63) is 63.6 Å². The number of nitrogens with one attached hydrogen (secondary N) is 1. The Hall–Kier alpha value is -1.79. The lowest BCUT2D eigenvalue weighted by molar-refractivity contribution is 0.101. The number of amides is 1. The van der Waals surface area contributed by atoms with Crippen LogP contribution in [-0.2, 0) is 6.61 Å². The third-order valence-electron chi connectivity index (χ3n) is 2.63. The van der Waals surface area contributed by atoms with Crippen molar-refractivity contribution < 1.29 is 18.7 Å². The zero-order valence-electron chi connectivity index (χ0n) is 10.2. The second kappa shape index (κ2) is 6.11. The molecule has 0 aliphatic rings.